The average molecular weight is 375 g/mol. The SMILES string of the molecule is CN(c1ccc(NS(=O)(=O)c2ccc(Cl)cc2)cc1)S(C)(=O)=O. The van der Waals surface area contributed by atoms with Crippen molar-refractivity contribution in [3.05, 3.63) is 53.6 Å². The van der Waals surface area contributed by atoms with Gasteiger partial charge in [-0.15, -0.1) is 0 Å². The molecule has 0 fully saturated rings. The molecule has 2 rings (SSSR count). The number of anilines is 2. The quantitative estimate of drug-likeness (QED) is 0.871. The number of nitrogens with one attached hydrogen (secondary N) is 1. The van der Waals surface area contributed by atoms with Gasteiger partial charge in [0.1, 0.15) is 0 Å². The van der Waals surface area contributed by atoms with Crippen molar-refractivity contribution >= 4 is 43.0 Å². The van der Waals surface area contributed by atoms with Crippen LogP contribution in [0.1, 0.15) is 0 Å². The molecular weight excluding hydrogens is 360 g/mol. The van der Waals surface area contributed by atoms with E-state index in [-0.39, 0.29) is 4.90 Å². The molecule has 2 aromatic rings. The second-order valence-electron chi connectivity index (χ2n) is 4.84. The molecule has 0 bridgehead atoms. The third kappa shape index (κ3) is 4.37. The summed E-state index contributed by atoms with van der Waals surface area (Å²) in [6.45, 7) is 0. The van der Waals surface area contributed by atoms with Crippen molar-refractivity contribution in [2.24, 2.45) is 0 Å². The van der Waals surface area contributed by atoms with Crippen LogP contribution in [0, 0.1) is 0 Å². The molecule has 1 N–H and O–H groups in total. The Balaban J connectivity index is 2.22. The number of benzene rings is 2. The molecule has 0 spiro atoms. The van der Waals surface area contributed by atoms with E-state index in [0.717, 1.165) is 10.6 Å². The minimum atomic E-state index is -3.73. The van der Waals surface area contributed by atoms with E-state index in [1.807, 2.05) is 0 Å². The van der Waals surface area contributed by atoms with Crippen molar-refractivity contribution in [1.29, 1.82) is 0 Å². The Hall–Kier alpha value is -1.77. The lowest BCUT2D eigenvalue weighted by Crippen LogP contribution is -2.24. The Morgan fingerprint density at radius 3 is 1.91 bits per heavy atom. The largest absolute Gasteiger partial charge is 0.280 e. The van der Waals surface area contributed by atoms with Crippen molar-refractivity contribution < 1.29 is 16.8 Å². The second-order valence-corrected chi connectivity index (χ2v) is 8.97. The van der Waals surface area contributed by atoms with Gasteiger partial charge in [-0.1, -0.05) is 11.6 Å². The van der Waals surface area contributed by atoms with E-state index in [1.54, 1.807) is 0 Å². The van der Waals surface area contributed by atoms with E-state index < -0.39 is 20.0 Å². The molecule has 0 saturated carbocycles. The summed E-state index contributed by atoms with van der Waals surface area (Å²) in [7, 11) is -5.68. The van der Waals surface area contributed by atoms with Gasteiger partial charge in [0.05, 0.1) is 16.8 Å². The van der Waals surface area contributed by atoms with Crippen LogP contribution in [0.4, 0.5) is 11.4 Å². The Kier molecular flexibility index (Phi) is 4.88. The lowest BCUT2D eigenvalue weighted by molar-refractivity contribution is 0.598. The van der Waals surface area contributed by atoms with Gasteiger partial charge < -0.3 is 0 Å². The molecule has 0 aliphatic carbocycles. The van der Waals surface area contributed by atoms with Crippen LogP contribution in [-0.4, -0.2) is 30.1 Å². The maximum atomic E-state index is 12.2. The first kappa shape index (κ1) is 17.6. The van der Waals surface area contributed by atoms with Crippen molar-refractivity contribution in [3.8, 4) is 0 Å². The van der Waals surface area contributed by atoms with Crippen LogP contribution in [0.3, 0.4) is 0 Å². The summed E-state index contributed by atoms with van der Waals surface area (Å²) in [5.74, 6) is 0. The number of nitrogens with zero attached hydrogens (tertiary/aromatic N) is 1. The van der Waals surface area contributed by atoms with E-state index in [1.165, 1.54) is 55.6 Å². The highest BCUT2D eigenvalue weighted by Gasteiger charge is 2.15. The van der Waals surface area contributed by atoms with Crippen LogP contribution in [-0.2, 0) is 20.0 Å². The highest BCUT2D eigenvalue weighted by molar-refractivity contribution is 7.92. The van der Waals surface area contributed by atoms with Crippen LogP contribution in [0.5, 0.6) is 0 Å². The topological polar surface area (TPSA) is 83.6 Å². The third-order valence-corrected chi connectivity index (χ3v) is 5.96. The molecule has 2 aromatic carbocycles. The van der Waals surface area contributed by atoms with E-state index >= 15 is 0 Å². The lowest BCUT2D eigenvalue weighted by atomic mass is 10.3. The number of hydrogen-bond acceptors (Lipinski definition) is 4. The van der Waals surface area contributed by atoms with Gasteiger partial charge in [0.25, 0.3) is 10.0 Å². The molecule has 6 nitrogen and oxygen atoms in total. The molecule has 23 heavy (non-hydrogen) atoms. The van der Waals surface area contributed by atoms with Crippen LogP contribution in [0.2, 0.25) is 5.02 Å². The summed E-state index contributed by atoms with van der Waals surface area (Å²) >= 11 is 5.74. The molecule has 0 unspecified atom stereocenters. The Morgan fingerprint density at radius 1 is 0.913 bits per heavy atom. The van der Waals surface area contributed by atoms with E-state index in [9.17, 15) is 16.8 Å². The summed E-state index contributed by atoms with van der Waals surface area (Å²) in [6, 6.07) is 11.8. The van der Waals surface area contributed by atoms with Crippen LogP contribution >= 0.6 is 11.6 Å². The van der Waals surface area contributed by atoms with Gasteiger partial charge in [0.15, 0.2) is 0 Å². The lowest BCUT2D eigenvalue weighted by Gasteiger charge is -2.17. The van der Waals surface area contributed by atoms with E-state index in [0.29, 0.717) is 16.4 Å². The highest BCUT2D eigenvalue weighted by atomic mass is 35.5. The first-order chi connectivity index (χ1) is 10.6. The standard InChI is InChI=1S/C14H15ClN2O4S2/c1-17(22(2,18)19)13-7-5-12(6-8-13)16-23(20,21)14-9-3-11(15)4-10-14/h3-10,16H,1-2H3. The summed E-state index contributed by atoms with van der Waals surface area (Å²) in [4.78, 5) is 0.0826. The zero-order chi connectivity index (χ0) is 17.3. The van der Waals surface area contributed by atoms with Crippen molar-refractivity contribution in [2.75, 3.05) is 22.3 Å². The molecule has 9 heteroatoms. The van der Waals surface area contributed by atoms with E-state index in [2.05, 4.69) is 4.72 Å². The van der Waals surface area contributed by atoms with E-state index in [4.69, 9.17) is 11.6 Å². The molecule has 0 aromatic heterocycles. The molecular formula is C14H15ClN2O4S2. The zero-order valence-electron chi connectivity index (χ0n) is 12.4. The molecule has 0 heterocycles. The normalized spacial score (nSPS) is 12.0. The number of sulfonamides is 2. The molecule has 124 valence electrons. The maximum absolute atomic E-state index is 12.2. The van der Waals surface area contributed by atoms with Gasteiger partial charge in [-0.25, -0.2) is 16.8 Å². The molecule has 0 aliphatic heterocycles. The van der Waals surface area contributed by atoms with Gasteiger partial charge in [-0.05, 0) is 48.5 Å². The molecule has 0 radical (unpaired) electrons. The zero-order valence-corrected chi connectivity index (χ0v) is 14.8. The second kappa shape index (κ2) is 6.38. The fourth-order valence-electron chi connectivity index (χ4n) is 1.76. The Bertz CT molecular complexity index is 893. The summed E-state index contributed by atoms with van der Waals surface area (Å²) in [6.07, 6.45) is 1.09. The molecule has 0 atom stereocenters. The number of hydrogen-bond donors (Lipinski definition) is 1. The highest BCUT2D eigenvalue weighted by Crippen LogP contribution is 2.22. The summed E-state index contributed by atoms with van der Waals surface area (Å²) < 4.78 is 50.9. The predicted molar refractivity (Wildman–Crippen MR) is 91.9 cm³/mol. The van der Waals surface area contributed by atoms with Crippen molar-refractivity contribution in [1.82, 2.24) is 0 Å². The molecule has 0 amide bonds. The Morgan fingerprint density at radius 2 is 1.43 bits per heavy atom. The van der Waals surface area contributed by atoms with Crippen LogP contribution in [0.25, 0.3) is 0 Å². The van der Waals surface area contributed by atoms with Crippen LogP contribution < -0.4 is 9.03 Å². The minimum absolute atomic E-state index is 0.0826. The minimum Gasteiger partial charge on any atom is -0.280 e. The first-order valence-electron chi connectivity index (χ1n) is 6.42. The number of halogens is 1. The fourth-order valence-corrected chi connectivity index (χ4v) is 3.45. The third-order valence-electron chi connectivity index (χ3n) is 3.10. The molecule has 0 aliphatic rings. The molecule has 0 saturated heterocycles. The van der Waals surface area contributed by atoms with Gasteiger partial charge in [0.2, 0.25) is 10.0 Å². The first-order valence-corrected chi connectivity index (χ1v) is 10.1. The smallest absolute Gasteiger partial charge is 0.261 e. The predicted octanol–water partition coefficient (Wildman–Crippen LogP) is 2.54. The van der Waals surface area contributed by atoms with Crippen LogP contribution in [0.15, 0.2) is 53.4 Å². The average Bonchev–Trinajstić information content (AvgIpc) is 2.46. The van der Waals surface area contributed by atoms with Gasteiger partial charge in [-0.2, -0.15) is 0 Å². The maximum Gasteiger partial charge on any atom is 0.261 e. The van der Waals surface area contributed by atoms with Gasteiger partial charge in [-0.3, -0.25) is 9.03 Å². The van der Waals surface area contributed by atoms with Crippen molar-refractivity contribution in [3.63, 3.8) is 0 Å². The fraction of sp³-hybridized carbons (Fsp3) is 0.143. The monoisotopic (exact) mass is 374 g/mol. The van der Waals surface area contributed by atoms with Gasteiger partial charge >= 0.3 is 0 Å². The van der Waals surface area contributed by atoms with Crippen molar-refractivity contribution in [2.45, 2.75) is 4.90 Å². The number of rotatable bonds is 5. The summed E-state index contributed by atoms with van der Waals surface area (Å²) in [5, 5.41) is 0.442. The summed E-state index contributed by atoms with van der Waals surface area (Å²) in [5.41, 5.74) is 0.757. The Labute approximate surface area is 140 Å². The van der Waals surface area contributed by atoms with Gasteiger partial charge in [0, 0.05) is 17.8 Å².